The van der Waals surface area contributed by atoms with E-state index in [2.05, 4.69) is 5.32 Å². The molecule has 2 bridgehead atoms. The van der Waals surface area contributed by atoms with Crippen molar-refractivity contribution >= 4 is 17.8 Å². The van der Waals surface area contributed by atoms with Crippen LogP contribution in [0.1, 0.15) is 45.2 Å². The molecule has 3 aliphatic heterocycles. The van der Waals surface area contributed by atoms with Crippen molar-refractivity contribution in [2.75, 3.05) is 13.2 Å². The first-order valence-electron chi connectivity index (χ1n) is 11.0. The summed E-state index contributed by atoms with van der Waals surface area (Å²) in [6, 6.07) is 7.34. The summed E-state index contributed by atoms with van der Waals surface area (Å²) >= 11 is 0. The summed E-state index contributed by atoms with van der Waals surface area (Å²) in [5.74, 6) is -2.67. The number of aliphatic hydroxyl groups is 1. The fourth-order valence-electron chi connectivity index (χ4n) is 5.63. The van der Waals surface area contributed by atoms with Crippen LogP contribution in [0.15, 0.2) is 30.3 Å². The number of carbonyl (C=O) groups is 3. The Morgan fingerprint density at radius 1 is 1.32 bits per heavy atom. The van der Waals surface area contributed by atoms with Crippen molar-refractivity contribution in [3.05, 3.63) is 35.9 Å². The van der Waals surface area contributed by atoms with Crippen LogP contribution in [-0.4, -0.2) is 64.8 Å². The van der Waals surface area contributed by atoms with E-state index in [9.17, 15) is 19.5 Å². The molecule has 0 aromatic heterocycles. The van der Waals surface area contributed by atoms with E-state index in [4.69, 9.17) is 9.47 Å². The maximum atomic E-state index is 13.8. The molecule has 3 aliphatic rings. The quantitative estimate of drug-likeness (QED) is 0.630. The van der Waals surface area contributed by atoms with Gasteiger partial charge in [-0.3, -0.25) is 14.4 Å². The molecule has 2 unspecified atom stereocenters. The number of likely N-dealkylation sites (tertiary alicyclic amines) is 1. The largest absolute Gasteiger partial charge is 0.466 e. The predicted molar refractivity (Wildman–Crippen MR) is 111 cm³/mol. The molecular weight excluding hydrogens is 400 g/mol. The van der Waals surface area contributed by atoms with Crippen LogP contribution in [-0.2, 0) is 23.9 Å². The number of aliphatic hydroxyl groups excluding tert-OH is 1. The minimum Gasteiger partial charge on any atom is -0.466 e. The zero-order chi connectivity index (χ0) is 22.3. The monoisotopic (exact) mass is 430 g/mol. The highest BCUT2D eigenvalue weighted by Crippen LogP contribution is 2.59. The molecule has 0 saturated carbocycles. The van der Waals surface area contributed by atoms with Gasteiger partial charge in [0.15, 0.2) is 0 Å². The van der Waals surface area contributed by atoms with Crippen molar-refractivity contribution in [1.82, 2.24) is 10.2 Å². The van der Waals surface area contributed by atoms with Crippen molar-refractivity contribution < 1.29 is 29.0 Å². The fourth-order valence-corrected chi connectivity index (χ4v) is 5.63. The summed E-state index contributed by atoms with van der Waals surface area (Å²) in [6.45, 7) is 5.28. The zero-order valence-electron chi connectivity index (χ0n) is 18.1. The molecule has 4 rings (SSSR count). The molecule has 3 fully saturated rings. The number of fused-ring (bicyclic) bond motifs is 1. The molecule has 3 saturated heterocycles. The van der Waals surface area contributed by atoms with Crippen LogP contribution in [0, 0.1) is 11.8 Å². The summed E-state index contributed by atoms with van der Waals surface area (Å²) in [6.07, 6.45) is 0.652. The van der Waals surface area contributed by atoms with Crippen LogP contribution in [0.2, 0.25) is 0 Å². The molecule has 2 N–H and O–H groups in total. The Morgan fingerprint density at radius 3 is 2.65 bits per heavy atom. The number of ether oxygens (including phenoxy) is 2. The highest BCUT2D eigenvalue weighted by molar-refractivity contribution is 5.98. The number of rotatable bonds is 7. The van der Waals surface area contributed by atoms with Gasteiger partial charge in [-0.05, 0) is 39.2 Å². The smallest absolute Gasteiger partial charge is 0.312 e. The van der Waals surface area contributed by atoms with Gasteiger partial charge < -0.3 is 24.8 Å². The second kappa shape index (κ2) is 8.24. The number of hydrogen-bond donors (Lipinski definition) is 2. The number of hydrogen-bond acceptors (Lipinski definition) is 6. The molecule has 0 aliphatic carbocycles. The van der Waals surface area contributed by atoms with Gasteiger partial charge in [-0.1, -0.05) is 30.3 Å². The minimum absolute atomic E-state index is 0.135. The standard InChI is InChI=1S/C23H30N2O6/c1-4-30-22(29)17-16-10-11-23(31-16)18(17)21(28)25(19(23)20(27)24-13(2)3)15(12-26)14-8-6-5-7-9-14/h5-9,13,15-19,26H,4,10-12H2,1-3H3,(H,24,27)/t15-,16+,17-,18+,19?,23?/m1/s1. The molecule has 2 amide bonds. The number of nitrogens with one attached hydrogen (secondary N) is 1. The Morgan fingerprint density at radius 2 is 2.03 bits per heavy atom. The van der Waals surface area contributed by atoms with Crippen molar-refractivity contribution in [3.8, 4) is 0 Å². The lowest BCUT2D eigenvalue weighted by Gasteiger charge is -2.37. The number of esters is 1. The zero-order valence-corrected chi connectivity index (χ0v) is 18.1. The summed E-state index contributed by atoms with van der Waals surface area (Å²) in [4.78, 5) is 41.4. The Hall–Kier alpha value is -2.45. The topological polar surface area (TPSA) is 105 Å². The van der Waals surface area contributed by atoms with Gasteiger partial charge in [-0.15, -0.1) is 0 Å². The Bertz CT molecular complexity index is 859. The summed E-state index contributed by atoms with van der Waals surface area (Å²) in [7, 11) is 0. The molecule has 1 spiro atoms. The molecule has 0 radical (unpaired) electrons. The van der Waals surface area contributed by atoms with Crippen molar-refractivity contribution in [2.45, 2.75) is 63.4 Å². The van der Waals surface area contributed by atoms with Gasteiger partial charge >= 0.3 is 5.97 Å². The minimum atomic E-state index is -1.10. The van der Waals surface area contributed by atoms with E-state index in [1.54, 1.807) is 6.92 Å². The van der Waals surface area contributed by atoms with E-state index < -0.39 is 41.6 Å². The van der Waals surface area contributed by atoms with Crippen LogP contribution in [0.3, 0.4) is 0 Å². The van der Waals surface area contributed by atoms with Gasteiger partial charge in [0.2, 0.25) is 11.8 Å². The van der Waals surface area contributed by atoms with Crippen LogP contribution >= 0.6 is 0 Å². The molecule has 1 aromatic carbocycles. The maximum Gasteiger partial charge on any atom is 0.312 e. The van der Waals surface area contributed by atoms with E-state index in [1.165, 1.54) is 4.90 Å². The average molecular weight is 431 g/mol. The number of nitrogens with zero attached hydrogens (tertiary/aromatic N) is 1. The fraction of sp³-hybridized carbons (Fsp3) is 0.609. The first-order chi connectivity index (χ1) is 14.9. The molecule has 31 heavy (non-hydrogen) atoms. The lowest BCUT2D eigenvalue weighted by molar-refractivity contribution is -0.155. The van der Waals surface area contributed by atoms with Gasteiger partial charge in [0.1, 0.15) is 11.6 Å². The lowest BCUT2D eigenvalue weighted by atomic mass is 9.70. The van der Waals surface area contributed by atoms with E-state index in [0.717, 1.165) is 5.56 Å². The van der Waals surface area contributed by atoms with Gasteiger partial charge in [0, 0.05) is 6.04 Å². The van der Waals surface area contributed by atoms with Crippen molar-refractivity contribution in [3.63, 3.8) is 0 Å². The second-order valence-corrected chi connectivity index (χ2v) is 8.83. The lowest BCUT2D eigenvalue weighted by Crippen LogP contribution is -2.57. The number of amides is 2. The van der Waals surface area contributed by atoms with Gasteiger partial charge in [0.05, 0.1) is 37.2 Å². The maximum absolute atomic E-state index is 13.8. The Labute approximate surface area is 181 Å². The van der Waals surface area contributed by atoms with Crippen LogP contribution in [0.4, 0.5) is 0 Å². The highest BCUT2D eigenvalue weighted by atomic mass is 16.6. The van der Waals surface area contributed by atoms with Crippen molar-refractivity contribution in [2.24, 2.45) is 11.8 Å². The normalized spacial score (nSPS) is 32.3. The van der Waals surface area contributed by atoms with E-state index >= 15 is 0 Å². The first kappa shape index (κ1) is 21.8. The SMILES string of the molecule is CCOC(=O)[C@@H]1[C@@H]2CCC3(O2)C(C(=O)NC(C)C)N([C@H](CO)c2ccccc2)C(=O)[C@H]13. The average Bonchev–Trinajstić information content (AvgIpc) is 3.37. The first-order valence-corrected chi connectivity index (χ1v) is 11.0. The predicted octanol–water partition coefficient (Wildman–Crippen LogP) is 1.18. The number of carbonyl (C=O) groups excluding carboxylic acids is 3. The third-order valence-electron chi connectivity index (χ3n) is 6.67. The molecule has 1 aromatic rings. The van der Waals surface area contributed by atoms with Gasteiger partial charge in [-0.25, -0.2) is 0 Å². The molecule has 8 heteroatoms. The molecule has 168 valence electrons. The van der Waals surface area contributed by atoms with Crippen LogP contribution < -0.4 is 5.32 Å². The van der Waals surface area contributed by atoms with Crippen LogP contribution in [0.25, 0.3) is 0 Å². The molecule has 3 heterocycles. The number of benzene rings is 1. The van der Waals surface area contributed by atoms with Crippen LogP contribution in [0.5, 0.6) is 0 Å². The molecule has 6 atom stereocenters. The molecular formula is C23H30N2O6. The van der Waals surface area contributed by atoms with Gasteiger partial charge in [-0.2, -0.15) is 0 Å². The third-order valence-corrected chi connectivity index (χ3v) is 6.67. The van der Waals surface area contributed by atoms with E-state index in [0.29, 0.717) is 12.8 Å². The molecule has 8 nitrogen and oxygen atoms in total. The second-order valence-electron chi connectivity index (χ2n) is 8.83. The Kier molecular flexibility index (Phi) is 5.79. The van der Waals surface area contributed by atoms with Gasteiger partial charge in [0.25, 0.3) is 0 Å². The summed E-state index contributed by atoms with van der Waals surface area (Å²) in [5.41, 5.74) is -0.375. The van der Waals surface area contributed by atoms with Crippen molar-refractivity contribution in [1.29, 1.82) is 0 Å². The third kappa shape index (κ3) is 3.32. The summed E-state index contributed by atoms with van der Waals surface area (Å²) < 4.78 is 11.6. The van der Waals surface area contributed by atoms with E-state index in [-0.39, 0.29) is 31.1 Å². The highest BCUT2D eigenvalue weighted by Gasteiger charge is 2.75. The summed E-state index contributed by atoms with van der Waals surface area (Å²) in [5, 5.41) is 13.2. The Balaban J connectivity index is 1.80. The van der Waals surface area contributed by atoms with E-state index in [1.807, 2.05) is 44.2 Å².